The van der Waals surface area contributed by atoms with Gasteiger partial charge in [0.1, 0.15) is 4.75 Å². The Morgan fingerprint density at radius 3 is 2.43 bits per heavy atom. The Morgan fingerprint density at radius 2 is 1.81 bits per heavy atom. The number of ketones is 2. The summed E-state index contributed by atoms with van der Waals surface area (Å²) in [6.07, 6.45) is 9.75. The molecule has 4 rings (SSSR count). The van der Waals surface area contributed by atoms with Gasteiger partial charge in [0.05, 0.1) is 18.1 Å². The molecule has 2 N–H and O–H groups in total. The lowest BCUT2D eigenvalue weighted by atomic mass is 9.76. The lowest BCUT2D eigenvalue weighted by Gasteiger charge is -2.36. The first kappa shape index (κ1) is 27.9. The third-order valence-electron chi connectivity index (χ3n) is 8.54. The van der Waals surface area contributed by atoms with Crippen LogP contribution in [0.3, 0.4) is 0 Å². The minimum atomic E-state index is -3.91. The van der Waals surface area contributed by atoms with E-state index >= 15 is 0 Å². The average molecular weight is 530 g/mol. The van der Waals surface area contributed by atoms with Crippen LogP contribution in [0.5, 0.6) is 0 Å². The third-order valence-corrected chi connectivity index (χ3v) is 11.1. The van der Waals surface area contributed by atoms with Crippen molar-refractivity contribution in [3.63, 3.8) is 0 Å². The first-order valence-corrected chi connectivity index (χ1v) is 14.8. The van der Waals surface area contributed by atoms with Crippen molar-refractivity contribution in [1.29, 1.82) is 0 Å². The number of sulfone groups is 1. The van der Waals surface area contributed by atoms with Crippen molar-refractivity contribution in [3.8, 4) is 0 Å². The number of piperidine rings is 1. The zero-order valence-electron chi connectivity index (χ0n) is 21.7. The van der Waals surface area contributed by atoms with Crippen molar-refractivity contribution >= 4 is 21.4 Å². The number of hydrogen-bond donors (Lipinski definition) is 2. The Hall–Kier alpha value is -2.13. The van der Waals surface area contributed by atoms with Crippen LogP contribution >= 0.6 is 0 Å². The summed E-state index contributed by atoms with van der Waals surface area (Å²) in [6, 6.07) is 7.42. The second-order valence-corrected chi connectivity index (χ2v) is 13.1. The summed E-state index contributed by atoms with van der Waals surface area (Å²) < 4.78 is 31.6. The molecular weight excluding hydrogens is 490 g/mol. The Morgan fingerprint density at radius 1 is 1.08 bits per heavy atom. The number of allylic oxidation sites excluding steroid dienone is 3. The normalized spacial score (nSPS) is 25.2. The fourth-order valence-electron chi connectivity index (χ4n) is 6.28. The molecule has 1 aliphatic heterocycles. The van der Waals surface area contributed by atoms with Gasteiger partial charge in [-0.05, 0) is 81.0 Å². The fraction of sp³-hybridized carbons (Fsp3) is 0.586. The Bertz CT molecular complexity index is 1150. The predicted molar refractivity (Wildman–Crippen MR) is 143 cm³/mol. The quantitative estimate of drug-likeness (QED) is 0.418. The molecule has 1 aromatic rings. The van der Waals surface area contributed by atoms with Crippen LogP contribution in [-0.2, 0) is 26.0 Å². The summed E-state index contributed by atoms with van der Waals surface area (Å²) in [4.78, 5) is 26.1. The van der Waals surface area contributed by atoms with Crippen molar-refractivity contribution in [1.82, 2.24) is 5.32 Å². The van der Waals surface area contributed by atoms with Crippen molar-refractivity contribution in [3.05, 3.63) is 58.5 Å². The van der Waals surface area contributed by atoms with Crippen LogP contribution in [0.4, 0.5) is 0 Å². The molecular formula is C29H39NO6S. The molecule has 7 nitrogen and oxygen atoms in total. The largest absolute Gasteiger partial charge is 0.396 e. The maximum Gasteiger partial charge on any atom is 0.190 e. The van der Waals surface area contributed by atoms with Gasteiger partial charge in [0.15, 0.2) is 21.4 Å². The van der Waals surface area contributed by atoms with Crippen molar-refractivity contribution < 1.29 is 27.9 Å². The summed E-state index contributed by atoms with van der Waals surface area (Å²) in [7, 11) is -2.28. The van der Waals surface area contributed by atoms with Crippen LogP contribution in [0.15, 0.2) is 47.4 Å². The number of carbonyl (C=O) groups is 2. The van der Waals surface area contributed by atoms with Gasteiger partial charge in [0, 0.05) is 25.5 Å². The molecule has 37 heavy (non-hydrogen) atoms. The van der Waals surface area contributed by atoms with Gasteiger partial charge in [-0.15, -0.1) is 0 Å². The molecule has 1 aromatic carbocycles. The molecule has 2 fully saturated rings. The number of hydrogen-bond acceptors (Lipinski definition) is 7. The van der Waals surface area contributed by atoms with E-state index in [9.17, 15) is 23.1 Å². The topological polar surface area (TPSA) is 110 Å². The van der Waals surface area contributed by atoms with E-state index in [-0.39, 0.29) is 40.8 Å². The van der Waals surface area contributed by atoms with E-state index in [1.165, 1.54) is 0 Å². The number of nitrogens with one attached hydrogen (secondary N) is 1. The van der Waals surface area contributed by atoms with E-state index in [2.05, 4.69) is 5.32 Å². The molecule has 2 aliphatic carbocycles. The minimum Gasteiger partial charge on any atom is -0.396 e. The lowest BCUT2D eigenvalue weighted by Crippen LogP contribution is -2.47. The predicted octanol–water partition coefficient (Wildman–Crippen LogP) is 3.91. The molecule has 1 saturated heterocycles. The van der Waals surface area contributed by atoms with E-state index in [1.807, 2.05) is 30.3 Å². The maximum absolute atomic E-state index is 14.0. The highest BCUT2D eigenvalue weighted by Gasteiger charge is 2.59. The second-order valence-electron chi connectivity index (χ2n) is 10.9. The summed E-state index contributed by atoms with van der Waals surface area (Å²) >= 11 is 0. The number of aliphatic hydroxyl groups is 1. The van der Waals surface area contributed by atoms with Crippen LogP contribution in [0, 0.1) is 11.3 Å². The van der Waals surface area contributed by atoms with E-state index in [0.717, 1.165) is 37.9 Å². The second kappa shape index (κ2) is 11.7. The van der Waals surface area contributed by atoms with Crippen molar-refractivity contribution in [2.24, 2.45) is 11.3 Å². The standard InChI is InChI=1S/C29H39NO6S/c1-36-20-23-2-7-24(8-3-23)26(32)11-6-22-4-9-25(10-5-22)37(34,35)29(27(33)12-19-31)14-13-28(21-29)15-17-30-18-16-28/h2-4,7-10,22,30-31H,5-6,11-21H2,1H3. The highest BCUT2D eigenvalue weighted by Crippen LogP contribution is 2.55. The summed E-state index contributed by atoms with van der Waals surface area (Å²) in [6.45, 7) is 1.84. The molecule has 2 unspecified atom stereocenters. The number of aliphatic hydroxyl groups excluding tert-OH is 1. The molecule has 0 radical (unpaired) electrons. The van der Waals surface area contributed by atoms with Gasteiger partial charge in [-0.3, -0.25) is 9.59 Å². The van der Waals surface area contributed by atoms with Crippen molar-refractivity contribution in [2.75, 3.05) is 26.8 Å². The molecule has 0 amide bonds. The number of benzene rings is 1. The van der Waals surface area contributed by atoms with Crippen molar-refractivity contribution in [2.45, 2.75) is 69.1 Å². The van der Waals surface area contributed by atoms with Gasteiger partial charge in [0.2, 0.25) is 0 Å². The molecule has 8 heteroatoms. The first-order valence-electron chi connectivity index (χ1n) is 13.3. The number of ether oxygens (including phenoxy) is 1. The fourth-order valence-corrected chi connectivity index (χ4v) is 8.57. The van der Waals surface area contributed by atoms with Crippen LogP contribution in [0.25, 0.3) is 0 Å². The SMILES string of the molecule is COCc1ccc(C(=O)CCC2C=CC(S(=O)(=O)C3(C(=O)CCO)CCC4(CCNCC4)C3)=CC2)cc1. The molecule has 2 atom stereocenters. The molecule has 3 aliphatic rings. The monoisotopic (exact) mass is 529 g/mol. The van der Waals surface area contributed by atoms with Gasteiger partial charge in [0.25, 0.3) is 0 Å². The summed E-state index contributed by atoms with van der Waals surface area (Å²) in [5, 5.41) is 12.8. The van der Waals surface area contributed by atoms with E-state index < -0.39 is 14.6 Å². The zero-order valence-corrected chi connectivity index (χ0v) is 22.5. The number of methoxy groups -OCH3 is 1. The smallest absolute Gasteiger partial charge is 0.190 e. The number of carbonyl (C=O) groups excluding carboxylic acids is 2. The molecule has 0 bridgehead atoms. The maximum atomic E-state index is 14.0. The summed E-state index contributed by atoms with van der Waals surface area (Å²) in [5.74, 6) is -0.227. The summed E-state index contributed by atoms with van der Waals surface area (Å²) in [5.41, 5.74) is 1.54. The van der Waals surface area contributed by atoms with E-state index in [4.69, 9.17) is 4.74 Å². The molecule has 1 heterocycles. The minimum absolute atomic E-state index is 0.0616. The van der Waals surface area contributed by atoms with Crippen LogP contribution in [-0.4, -0.2) is 56.6 Å². The Kier molecular flexibility index (Phi) is 8.84. The zero-order chi connectivity index (χ0) is 26.5. The van der Waals surface area contributed by atoms with Gasteiger partial charge in [-0.1, -0.05) is 36.4 Å². The third kappa shape index (κ3) is 5.82. The van der Waals surface area contributed by atoms with Gasteiger partial charge < -0.3 is 15.2 Å². The molecule has 202 valence electrons. The van der Waals surface area contributed by atoms with Crippen LogP contribution < -0.4 is 5.32 Å². The van der Waals surface area contributed by atoms with E-state index in [1.54, 1.807) is 19.3 Å². The highest BCUT2D eigenvalue weighted by atomic mass is 32.2. The van der Waals surface area contributed by atoms with Crippen LogP contribution in [0.2, 0.25) is 0 Å². The van der Waals surface area contributed by atoms with Gasteiger partial charge in [-0.25, -0.2) is 8.42 Å². The molecule has 1 saturated carbocycles. The van der Waals surface area contributed by atoms with Gasteiger partial charge >= 0.3 is 0 Å². The number of Topliss-reactive ketones (excluding diaryl/α,β-unsaturated/α-hetero) is 2. The molecule has 1 spiro atoms. The number of rotatable bonds is 11. The lowest BCUT2D eigenvalue weighted by molar-refractivity contribution is -0.122. The molecule has 0 aromatic heterocycles. The average Bonchev–Trinajstić information content (AvgIpc) is 3.29. The highest BCUT2D eigenvalue weighted by molar-refractivity contribution is 7.97. The first-order chi connectivity index (χ1) is 17.7. The van der Waals surface area contributed by atoms with E-state index in [0.29, 0.717) is 44.3 Å². The Balaban J connectivity index is 1.42. The van der Waals surface area contributed by atoms with Gasteiger partial charge in [-0.2, -0.15) is 0 Å². The Labute approximate surface area is 220 Å². The van der Waals surface area contributed by atoms with Crippen LogP contribution in [0.1, 0.15) is 73.7 Å².